The van der Waals surface area contributed by atoms with Gasteiger partial charge in [0.1, 0.15) is 5.78 Å². The van der Waals surface area contributed by atoms with Gasteiger partial charge in [-0.15, -0.1) is 5.10 Å². The Morgan fingerprint density at radius 1 is 1.33 bits per heavy atom. The Labute approximate surface area is 127 Å². The summed E-state index contributed by atoms with van der Waals surface area (Å²) in [5.41, 5.74) is 6.33. The van der Waals surface area contributed by atoms with Crippen molar-refractivity contribution >= 4 is 5.78 Å². The van der Waals surface area contributed by atoms with Crippen molar-refractivity contribution < 1.29 is 4.79 Å². The zero-order chi connectivity index (χ0) is 15.1. The summed E-state index contributed by atoms with van der Waals surface area (Å²) in [6, 6.07) is 0. The van der Waals surface area contributed by atoms with E-state index in [4.69, 9.17) is 5.73 Å². The van der Waals surface area contributed by atoms with E-state index in [9.17, 15) is 4.79 Å². The number of Topliss-reactive ketones (excluding diaryl/α,β-unsaturated/α-hetero) is 1. The molecule has 2 N–H and O–H groups in total. The van der Waals surface area contributed by atoms with E-state index >= 15 is 0 Å². The Bertz CT molecular complexity index is 451. The van der Waals surface area contributed by atoms with Crippen LogP contribution in [0.3, 0.4) is 0 Å². The molecule has 0 unspecified atom stereocenters. The van der Waals surface area contributed by atoms with Gasteiger partial charge in [0.15, 0.2) is 0 Å². The molecule has 0 aliphatic heterocycles. The molecule has 0 radical (unpaired) electrons. The Morgan fingerprint density at radius 2 is 2.10 bits per heavy atom. The second kappa shape index (κ2) is 7.69. The van der Waals surface area contributed by atoms with Crippen LogP contribution in [0, 0.1) is 5.41 Å². The maximum atomic E-state index is 12.1. The van der Waals surface area contributed by atoms with Gasteiger partial charge in [-0.05, 0) is 32.2 Å². The third-order valence-electron chi connectivity index (χ3n) is 4.67. The van der Waals surface area contributed by atoms with Crippen molar-refractivity contribution in [3.8, 4) is 0 Å². The maximum Gasteiger partial charge on any atom is 0.139 e. The Balaban J connectivity index is 1.81. The van der Waals surface area contributed by atoms with Gasteiger partial charge in [-0.3, -0.25) is 9.48 Å². The van der Waals surface area contributed by atoms with Crippen LogP contribution in [0.1, 0.15) is 64.0 Å². The van der Waals surface area contributed by atoms with E-state index < -0.39 is 0 Å². The van der Waals surface area contributed by atoms with Crippen molar-refractivity contribution in [3.05, 3.63) is 11.9 Å². The van der Waals surface area contributed by atoms with Crippen LogP contribution in [-0.2, 0) is 17.8 Å². The smallest absolute Gasteiger partial charge is 0.139 e. The highest BCUT2D eigenvalue weighted by Crippen LogP contribution is 2.44. The van der Waals surface area contributed by atoms with Gasteiger partial charge in [-0.2, -0.15) is 0 Å². The first kappa shape index (κ1) is 16.1. The second-order valence-electron chi connectivity index (χ2n) is 6.26. The maximum absolute atomic E-state index is 12.1. The molecule has 1 aromatic rings. The van der Waals surface area contributed by atoms with E-state index in [1.807, 2.05) is 17.8 Å². The highest BCUT2D eigenvalue weighted by Gasteiger charge is 2.43. The number of hydrogen-bond acceptors (Lipinski definition) is 4. The van der Waals surface area contributed by atoms with E-state index in [-0.39, 0.29) is 5.41 Å². The minimum atomic E-state index is -0.128. The number of aromatic nitrogens is 3. The van der Waals surface area contributed by atoms with Crippen LogP contribution in [0.5, 0.6) is 0 Å². The number of carbonyl (C=O) groups is 1. The molecule has 21 heavy (non-hydrogen) atoms. The molecule has 0 amide bonds. The molecule has 2 rings (SSSR count). The van der Waals surface area contributed by atoms with Gasteiger partial charge in [-0.1, -0.05) is 31.4 Å². The van der Waals surface area contributed by atoms with Crippen LogP contribution in [0.15, 0.2) is 6.20 Å². The average Bonchev–Trinajstić information content (AvgIpc) is 2.89. The first-order valence-electron chi connectivity index (χ1n) is 8.32. The van der Waals surface area contributed by atoms with E-state index in [2.05, 4.69) is 10.3 Å². The number of ketones is 1. The molecule has 5 heteroatoms. The van der Waals surface area contributed by atoms with Crippen molar-refractivity contribution in [2.75, 3.05) is 6.54 Å². The molecule has 0 aromatic carbocycles. The fourth-order valence-corrected chi connectivity index (χ4v) is 3.18. The molecular weight excluding hydrogens is 264 g/mol. The number of hydrogen-bond donors (Lipinski definition) is 1. The van der Waals surface area contributed by atoms with Crippen LogP contribution in [-0.4, -0.2) is 27.3 Å². The number of carbonyl (C=O) groups excluding carboxylic acids is 1. The quantitative estimate of drug-likeness (QED) is 0.672. The molecular formula is C16H28N4O. The van der Waals surface area contributed by atoms with Crippen molar-refractivity contribution in [1.29, 1.82) is 0 Å². The van der Waals surface area contributed by atoms with Crippen molar-refractivity contribution in [3.63, 3.8) is 0 Å². The van der Waals surface area contributed by atoms with E-state index in [0.29, 0.717) is 12.2 Å². The summed E-state index contributed by atoms with van der Waals surface area (Å²) >= 11 is 0. The largest absolute Gasteiger partial charge is 0.330 e. The molecule has 1 heterocycles. The van der Waals surface area contributed by atoms with E-state index in [1.54, 1.807) is 0 Å². The summed E-state index contributed by atoms with van der Waals surface area (Å²) in [6.07, 6.45) is 11.2. The zero-order valence-corrected chi connectivity index (χ0v) is 13.2. The van der Waals surface area contributed by atoms with Crippen LogP contribution < -0.4 is 5.73 Å². The molecule has 1 fully saturated rings. The lowest BCUT2D eigenvalue weighted by atomic mass is 9.63. The lowest BCUT2D eigenvalue weighted by Gasteiger charge is -2.39. The van der Waals surface area contributed by atoms with Crippen LogP contribution in [0.25, 0.3) is 0 Å². The fourth-order valence-electron chi connectivity index (χ4n) is 3.18. The number of aryl methyl sites for hydroxylation is 1. The molecule has 0 spiro atoms. The summed E-state index contributed by atoms with van der Waals surface area (Å²) < 4.78 is 1.92. The molecule has 0 saturated heterocycles. The predicted molar refractivity (Wildman–Crippen MR) is 82.8 cm³/mol. The van der Waals surface area contributed by atoms with E-state index in [0.717, 1.165) is 50.9 Å². The molecule has 0 atom stereocenters. The number of rotatable bonds is 10. The minimum absolute atomic E-state index is 0.128. The summed E-state index contributed by atoms with van der Waals surface area (Å²) in [6.45, 7) is 3.65. The molecule has 1 aliphatic rings. The third-order valence-corrected chi connectivity index (χ3v) is 4.67. The highest BCUT2D eigenvalue weighted by atomic mass is 16.1. The number of nitrogens with two attached hydrogens (primary N) is 1. The average molecular weight is 292 g/mol. The van der Waals surface area contributed by atoms with Gasteiger partial charge in [-0.25, -0.2) is 0 Å². The van der Waals surface area contributed by atoms with E-state index in [1.165, 1.54) is 19.3 Å². The molecule has 5 nitrogen and oxygen atoms in total. The molecule has 118 valence electrons. The molecule has 1 aromatic heterocycles. The summed E-state index contributed by atoms with van der Waals surface area (Å²) in [4.78, 5) is 12.1. The van der Waals surface area contributed by atoms with Crippen molar-refractivity contribution in [1.82, 2.24) is 15.0 Å². The lowest BCUT2D eigenvalue weighted by Crippen LogP contribution is -2.39. The topological polar surface area (TPSA) is 73.8 Å². The normalized spacial score (nSPS) is 16.7. The third kappa shape index (κ3) is 4.13. The van der Waals surface area contributed by atoms with Gasteiger partial charge in [0.25, 0.3) is 0 Å². The van der Waals surface area contributed by atoms with Gasteiger partial charge in [0, 0.05) is 31.0 Å². The van der Waals surface area contributed by atoms with Gasteiger partial charge in [0.05, 0.1) is 5.69 Å². The summed E-state index contributed by atoms with van der Waals surface area (Å²) in [5.74, 6) is 0.394. The summed E-state index contributed by atoms with van der Waals surface area (Å²) in [7, 11) is 0. The SMILES string of the molecule is CCC(=O)C1(Cc2cn(CCCCCCN)nn2)CCC1. The summed E-state index contributed by atoms with van der Waals surface area (Å²) in [5, 5.41) is 8.45. The first-order valence-corrected chi connectivity index (χ1v) is 8.32. The predicted octanol–water partition coefficient (Wildman–Crippen LogP) is 2.49. The minimum Gasteiger partial charge on any atom is -0.330 e. The standard InChI is InChI=1S/C16H28N4O/c1-2-15(21)16(8-7-9-16)12-14-13-20(19-18-14)11-6-4-3-5-10-17/h13H,2-12,17H2,1H3. The lowest BCUT2D eigenvalue weighted by molar-refractivity contribution is -0.133. The number of nitrogens with zero attached hydrogens (tertiary/aromatic N) is 3. The second-order valence-corrected chi connectivity index (χ2v) is 6.26. The fraction of sp³-hybridized carbons (Fsp3) is 0.812. The van der Waals surface area contributed by atoms with Crippen LogP contribution >= 0.6 is 0 Å². The van der Waals surface area contributed by atoms with Gasteiger partial charge in [0.2, 0.25) is 0 Å². The molecule has 0 bridgehead atoms. The Hall–Kier alpha value is -1.23. The van der Waals surface area contributed by atoms with Gasteiger partial charge >= 0.3 is 0 Å². The van der Waals surface area contributed by atoms with Crippen molar-refractivity contribution in [2.24, 2.45) is 11.1 Å². The first-order chi connectivity index (χ1) is 10.2. The molecule has 1 aliphatic carbocycles. The van der Waals surface area contributed by atoms with Crippen molar-refractivity contribution in [2.45, 2.75) is 71.3 Å². The van der Waals surface area contributed by atoms with Crippen LogP contribution in [0.4, 0.5) is 0 Å². The monoisotopic (exact) mass is 292 g/mol. The Kier molecular flexibility index (Phi) is 5.91. The number of unbranched alkanes of at least 4 members (excludes halogenated alkanes) is 3. The molecule has 1 saturated carbocycles. The Morgan fingerprint density at radius 3 is 2.71 bits per heavy atom. The van der Waals surface area contributed by atoms with Gasteiger partial charge < -0.3 is 5.73 Å². The zero-order valence-electron chi connectivity index (χ0n) is 13.2. The van der Waals surface area contributed by atoms with Crippen LogP contribution in [0.2, 0.25) is 0 Å². The highest BCUT2D eigenvalue weighted by molar-refractivity contribution is 5.85.